The van der Waals surface area contributed by atoms with E-state index in [2.05, 4.69) is 13.9 Å². The van der Waals surface area contributed by atoms with Crippen LogP contribution in [0.3, 0.4) is 0 Å². The molecule has 1 aromatic carbocycles. The van der Waals surface area contributed by atoms with E-state index in [4.69, 9.17) is 4.98 Å². The van der Waals surface area contributed by atoms with Crippen molar-refractivity contribution in [3.05, 3.63) is 47.2 Å². The molecule has 2 aliphatic rings. The summed E-state index contributed by atoms with van der Waals surface area (Å²) in [6.07, 6.45) is 1.27. The van der Waals surface area contributed by atoms with Crippen LogP contribution in [0.25, 0.3) is 10.8 Å². The lowest BCUT2D eigenvalue weighted by Crippen LogP contribution is -2.42. The minimum atomic E-state index is -0.381. The molecule has 0 spiro atoms. The first-order chi connectivity index (χ1) is 14.9. The molecule has 10 heteroatoms. The normalized spacial score (nSPS) is 18.5. The molecule has 3 aromatic rings. The van der Waals surface area contributed by atoms with E-state index in [0.717, 1.165) is 12.1 Å². The van der Waals surface area contributed by atoms with Crippen molar-refractivity contribution in [1.29, 1.82) is 0 Å². The Bertz CT molecular complexity index is 1170. The molecule has 1 unspecified atom stereocenters. The number of anilines is 1. The first-order valence-electron chi connectivity index (χ1n) is 10.2. The van der Waals surface area contributed by atoms with Gasteiger partial charge in [-0.25, -0.2) is 14.4 Å². The molecule has 0 N–H and O–H groups in total. The summed E-state index contributed by atoms with van der Waals surface area (Å²) < 4.78 is 19.6. The van der Waals surface area contributed by atoms with E-state index in [0.29, 0.717) is 54.1 Å². The zero-order valence-corrected chi connectivity index (χ0v) is 18.0. The molecule has 0 bridgehead atoms. The number of fused-ring (bicyclic) bond motifs is 1. The van der Waals surface area contributed by atoms with Gasteiger partial charge in [0.25, 0.3) is 5.91 Å². The summed E-state index contributed by atoms with van der Waals surface area (Å²) in [7, 11) is 0. The molecule has 31 heavy (non-hydrogen) atoms. The number of amides is 2. The van der Waals surface area contributed by atoms with E-state index in [9.17, 15) is 14.0 Å². The predicted octanol–water partition coefficient (Wildman–Crippen LogP) is 3.19. The van der Waals surface area contributed by atoms with Crippen molar-refractivity contribution in [2.24, 2.45) is 0 Å². The molecule has 8 nitrogen and oxygen atoms in total. The topological polar surface area (TPSA) is 84.2 Å². The van der Waals surface area contributed by atoms with Gasteiger partial charge < -0.3 is 9.47 Å². The van der Waals surface area contributed by atoms with Crippen LogP contribution in [-0.4, -0.2) is 48.7 Å². The van der Waals surface area contributed by atoms with E-state index in [1.54, 1.807) is 9.80 Å². The average molecular weight is 441 g/mol. The number of benzene rings is 1. The van der Waals surface area contributed by atoms with E-state index < -0.39 is 0 Å². The minimum Gasteiger partial charge on any atom is -0.328 e. The summed E-state index contributed by atoms with van der Waals surface area (Å²) in [5.41, 5.74) is 1.25. The summed E-state index contributed by atoms with van der Waals surface area (Å²) >= 11 is 1.27. The molecule has 1 atom stereocenters. The zero-order valence-electron chi connectivity index (χ0n) is 17.2. The molecular weight excluding hydrogens is 419 g/mol. The van der Waals surface area contributed by atoms with Gasteiger partial charge in [0.1, 0.15) is 11.6 Å². The van der Waals surface area contributed by atoms with Crippen LogP contribution in [0.5, 0.6) is 0 Å². The van der Waals surface area contributed by atoms with Crippen molar-refractivity contribution in [1.82, 2.24) is 23.8 Å². The van der Waals surface area contributed by atoms with Gasteiger partial charge in [-0.3, -0.25) is 14.5 Å². The molecule has 1 saturated heterocycles. The van der Waals surface area contributed by atoms with Crippen molar-refractivity contribution in [3.63, 3.8) is 0 Å². The van der Waals surface area contributed by atoms with Gasteiger partial charge in [0, 0.05) is 31.6 Å². The lowest BCUT2D eigenvalue weighted by molar-refractivity contribution is -0.117. The molecule has 0 saturated carbocycles. The van der Waals surface area contributed by atoms with Gasteiger partial charge in [-0.2, -0.15) is 4.37 Å². The number of hydrogen-bond acceptors (Lipinski definition) is 6. The van der Waals surface area contributed by atoms with Crippen LogP contribution < -0.4 is 4.90 Å². The second-order valence-corrected chi connectivity index (χ2v) is 8.52. The van der Waals surface area contributed by atoms with E-state index >= 15 is 0 Å². The number of hydrogen-bond donors (Lipinski definition) is 0. The van der Waals surface area contributed by atoms with Crippen molar-refractivity contribution in [2.45, 2.75) is 39.3 Å². The van der Waals surface area contributed by atoms with Gasteiger partial charge in [-0.05, 0) is 56.1 Å². The van der Waals surface area contributed by atoms with Crippen LogP contribution in [0.15, 0.2) is 24.3 Å². The predicted molar refractivity (Wildman–Crippen MR) is 113 cm³/mol. The molecule has 0 aliphatic carbocycles. The maximum atomic E-state index is 13.3. The second-order valence-electron chi connectivity index (χ2n) is 7.77. The Hall–Kier alpha value is -3.14. The summed E-state index contributed by atoms with van der Waals surface area (Å²) in [5.74, 6) is 1.42. The third kappa shape index (κ3) is 3.31. The summed E-state index contributed by atoms with van der Waals surface area (Å²) in [4.78, 5) is 38.5. The van der Waals surface area contributed by atoms with Crippen molar-refractivity contribution >= 4 is 29.2 Å². The molecule has 5 rings (SSSR count). The van der Waals surface area contributed by atoms with Gasteiger partial charge in [-0.15, -0.1) is 0 Å². The molecule has 2 aliphatic heterocycles. The maximum absolute atomic E-state index is 13.3. The highest BCUT2D eigenvalue weighted by Gasteiger charge is 2.38. The molecule has 2 amide bonds. The second kappa shape index (κ2) is 7.52. The highest BCUT2D eigenvalue weighted by molar-refractivity contribution is 7.09. The van der Waals surface area contributed by atoms with Gasteiger partial charge >= 0.3 is 0 Å². The number of aromatic nitrogens is 4. The molecular formula is C21H21FN6O2S. The molecule has 0 radical (unpaired) electrons. The first-order valence-corrected chi connectivity index (χ1v) is 11.0. The molecule has 160 valence electrons. The van der Waals surface area contributed by atoms with Crippen molar-refractivity contribution in [3.8, 4) is 10.8 Å². The lowest BCUT2D eigenvalue weighted by atomic mass is 10.1. The fourth-order valence-electron chi connectivity index (χ4n) is 4.30. The zero-order chi connectivity index (χ0) is 21.7. The minimum absolute atomic E-state index is 0.0371. The van der Waals surface area contributed by atoms with Gasteiger partial charge in [0.05, 0.1) is 11.7 Å². The highest BCUT2D eigenvalue weighted by Crippen LogP contribution is 2.39. The van der Waals surface area contributed by atoms with Gasteiger partial charge in [0.2, 0.25) is 5.91 Å². The highest BCUT2D eigenvalue weighted by atomic mass is 32.1. The number of rotatable bonds is 3. The quantitative estimate of drug-likeness (QED) is 0.625. The summed E-state index contributed by atoms with van der Waals surface area (Å²) in [5, 5.41) is 0.696. The van der Waals surface area contributed by atoms with Crippen LogP contribution >= 0.6 is 11.5 Å². The first kappa shape index (κ1) is 19.8. The fourth-order valence-corrected chi connectivity index (χ4v) is 4.97. The number of nitrogens with zero attached hydrogens (tertiary/aromatic N) is 6. The van der Waals surface area contributed by atoms with Crippen LogP contribution in [0, 0.1) is 12.7 Å². The Morgan fingerprint density at radius 1 is 1.16 bits per heavy atom. The average Bonchev–Trinajstić information content (AvgIpc) is 3.46. The number of aryl methyl sites for hydroxylation is 1. The van der Waals surface area contributed by atoms with Gasteiger partial charge in [-0.1, -0.05) is 0 Å². The smallest absolute Gasteiger partial charge is 0.254 e. The SMILES string of the molecule is Cc1nsc(-c2nc(N3CCCC3=O)c3n2CCN(C(=O)c2ccc(F)cc2)C3C)n1. The van der Waals surface area contributed by atoms with E-state index in [1.165, 1.54) is 35.8 Å². The van der Waals surface area contributed by atoms with Crippen molar-refractivity contribution < 1.29 is 14.0 Å². The summed E-state index contributed by atoms with van der Waals surface area (Å²) in [6, 6.07) is 5.25. The van der Waals surface area contributed by atoms with E-state index in [1.807, 2.05) is 13.8 Å². The Balaban J connectivity index is 1.58. The number of imidazole rings is 1. The van der Waals surface area contributed by atoms with Crippen LogP contribution in [-0.2, 0) is 11.3 Å². The van der Waals surface area contributed by atoms with Crippen molar-refractivity contribution in [2.75, 3.05) is 18.0 Å². The molecule has 2 aromatic heterocycles. The Labute approximate surface area is 182 Å². The Morgan fingerprint density at radius 2 is 1.94 bits per heavy atom. The van der Waals surface area contributed by atoms with Crippen LogP contribution in [0.1, 0.15) is 47.7 Å². The number of halogens is 1. The standard InChI is InChI=1S/C21H21FN6O2S/c1-12-17-18(27-9-3-4-16(27)29)24-19(20-23-13(2)25-31-20)28(17)11-10-26(12)21(30)14-5-7-15(22)8-6-14/h5-8,12H,3-4,9-11H2,1-2H3. The third-order valence-electron chi connectivity index (χ3n) is 5.82. The Kier molecular flexibility index (Phi) is 4.81. The van der Waals surface area contributed by atoms with Crippen LogP contribution in [0.2, 0.25) is 0 Å². The third-order valence-corrected chi connectivity index (χ3v) is 6.62. The number of carbonyl (C=O) groups excluding carboxylic acids is 2. The fraction of sp³-hybridized carbons (Fsp3) is 0.381. The molecule has 1 fully saturated rings. The maximum Gasteiger partial charge on any atom is 0.254 e. The number of carbonyl (C=O) groups is 2. The lowest BCUT2D eigenvalue weighted by Gasteiger charge is -2.36. The largest absolute Gasteiger partial charge is 0.328 e. The molecule has 4 heterocycles. The summed E-state index contributed by atoms with van der Waals surface area (Å²) in [6.45, 7) is 5.37. The van der Waals surface area contributed by atoms with E-state index in [-0.39, 0.29) is 23.7 Å². The Morgan fingerprint density at radius 3 is 2.58 bits per heavy atom. The monoisotopic (exact) mass is 440 g/mol. The van der Waals surface area contributed by atoms with Crippen LogP contribution in [0.4, 0.5) is 10.2 Å². The van der Waals surface area contributed by atoms with Gasteiger partial charge in [0.15, 0.2) is 16.6 Å².